The third kappa shape index (κ3) is 6.43. The van der Waals surface area contributed by atoms with Gasteiger partial charge in [-0.25, -0.2) is 9.36 Å². The fourth-order valence-corrected chi connectivity index (χ4v) is 5.20. The summed E-state index contributed by atoms with van der Waals surface area (Å²) in [5.41, 5.74) is -1.40. The molecule has 0 spiro atoms. The molecule has 0 aliphatic carbocycles. The summed E-state index contributed by atoms with van der Waals surface area (Å²) in [5.74, 6) is -0.469. The van der Waals surface area contributed by atoms with Crippen molar-refractivity contribution in [2.45, 2.75) is 43.1 Å². The SMILES string of the molecule is B[C@]1(Cl)[C@H](O)[C@@H](CO[P@](=O)(N[C@@H](C)C(=O)OCC)Oc2ccccc2)O[C@H]1n1ccc(=O)[nH]c1=O. The Morgan fingerprint density at radius 2 is 2.06 bits per heavy atom. The summed E-state index contributed by atoms with van der Waals surface area (Å²) < 4.78 is 34.8. The van der Waals surface area contributed by atoms with Crippen LogP contribution < -0.4 is 20.9 Å². The molecule has 0 bridgehead atoms. The van der Waals surface area contributed by atoms with Crippen molar-refractivity contribution in [3.05, 3.63) is 63.4 Å². The number of aromatic amines is 1. The number of nitrogens with one attached hydrogen (secondary N) is 2. The van der Waals surface area contributed by atoms with Crippen LogP contribution in [0.2, 0.25) is 0 Å². The second kappa shape index (κ2) is 11.1. The van der Waals surface area contributed by atoms with Crippen LogP contribution in [0.5, 0.6) is 5.75 Å². The van der Waals surface area contributed by atoms with Gasteiger partial charge >= 0.3 is 19.4 Å². The number of carbonyl (C=O) groups is 1. The number of aliphatic hydroxyl groups excluding tert-OH is 1. The lowest BCUT2D eigenvalue weighted by Crippen LogP contribution is -2.45. The standard InChI is InChI=1S/C20H26BClN3O9P/c1-3-31-17(28)12(2)24-35(30,34-13-7-5-4-6-8-13)32-11-14-16(27)20(21,22)18(33-14)25-10-9-15(26)23-19(25)29/h4-10,12,14,16,18,27H,3,11,21H2,1-2H3,(H,24,30)(H,23,26,29)/t12-,14+,16+,18+,20-,35+/m0/s1. The van der Waals surface area contributed by atoms with Crippen molar-refractivity contribution in [1.29, 1.82) is 0 Å². The average Bonchev–Trinajstić information content (AvgIpc) is 3.02. The summed E-state index contributed by atoms with van der Waals surface area (Å²) in [5, 5.41) is 13.3. The fraction of sp³-hybridized carbons (Fsp3) is 0.450. The zero-order valence-corrected chi connectivity index (χ0v) is 20.9. The lowest BCUT2D eigenvalue weighted by Gasteiger charge is -2.26. The molecule has 1 aromatic carbocycles. The Hall–Kier alpha value is -2.41. The highest BCUT2D eigenvalue weighted by Gasteiger charge is 2.53. The van der Waals surface area contributed by atoms with Crippen LogP contribution in [-0.2, 0) is 23.4 Å². The van der Waals surface area contributed by atoms with Crippen molar-refractivity contribution in [2.75, 3.05) is 13.2 Å². The zero-order chi connectivity index (χ0) is 25.8. The van der Waals surface area contributed by atoms with E-state index in [0.29, 0.717) is 0 Å². The van der Waals surface area contributed by atoms with Gasteiger partial charge in [0.2, 0.25) is 0 Å². The maximum absolute atomic E-state index is 13.5. The smallest absolute Gasteiger partial charge is 0.459 e. The molecule has 15 heteroatoms. The molecule has 2 aromatic rings. The number of para-hydroxylation sites is 1. The number of esters is 1. The first kappa shape index (κ1) is 27.2. The van der Waals surface area contributed by atoms with Crippen molar-refractivity contribution in [2.24, 2.45) is 0 Å². The second-order valence-electron chi connectivity index (χ2n) is 7.94. The van der Waals surface area contributed by atoms with E-state index in [9.17, 15) is 24.1 Å². The van der Waals surface area contributed by atoms with Crippen molar-refractivity contribution in [1.82, 2.24) is 14.6 Å². The molecule has 3 N–H and O–H groups in total. The summed E-state index contributed by atoms with van der Waals surface area (Å²) in [6.07, 6.45) is -2.51. The van der Waals surface area contributed by atoms with Crippen LogP contribution in [0.25, 0.3) is 0 Å². The van der Waals surface area contributed by atoms with Gasteiger partial charge in [-0.2, -0.15) is 5.09 Å². The molecule has 6 atom stereocenters. The van der Waals surface area contributed by atoms with Gasteiger partial charge in [-0.15, -0.1) is 11.6 Å². The number of alkyl halides is 1. The van der Waals surface area contributed by atoms with Crippen molar-refractivity contribution >= 4 is 33.2 Å². The van der Waals surface area contributed by atoms with E-state index in [1.807, 2.05) is 0 Å². The molecule has 1 aliphatic heterocycles. The Kier molecular flexibility index (Phi) is 8.63. The van der Waals surface area contributed by atoms with E-state index in [-0.39, 0.29) is 12.4 Å². The van der Waals surface area contributed by atoms with Gasteiger partial charge in [-0.05, 0) is 26.0 Å². The molecule has 0 unspecified atom stereocenters. The number of hydrogen-bond acceptors (Lipinski definition) is 9. The number of hydrogen-bond donors (Lipinski definition) is 3. The van der Waals surface area contributed by atoms with Gasteiger partial charge in [0.1, 0.15) is 25.7 Å². The molecule has 1 aliphatic rings. The van der Waals surface area contributed by atoms with Gasteiger partial charge in [-0.1, -0.05) is 18.2 Å². The summed E-state index contributed by atoms with van der Waals surface area (Å²) in [6, 6.07) is 8.19. The van der Waals surface area contributed by atoms with Crippen LogP contribution in [-0.4, -0.2) is 64.7 Å². The molecule has 12 nitrogen and oxygen atoms in total. The Labute approximate surface area is 206 Å². The number of aromatic nitrogens is 2. The van der Waals surface area contributed by atoms with Crippen LogP contribution in [0.4, 0.5) is 0 Å². The topological polar surface area (TPSA) is 158 Å². The lowest BCUT2D eigenvalue weighted by molar-refractivity contribution is -0.144. The lowest BCUT2D eigenvalue weighted by atomic mass is 9.79. The van der Waals surface area contributed by atoms with E-state index < -0.39 is 60.8 Å². The summed E-state index contributed by atoms with van der Waals surface area (Å²) >= 11 is 6.51. The van der Waals surface area contributed by atoms with Gasteiger partial charge in [0.05, 0.1) is 24.1 Å². The zero-order valence-electron chi connectivity index (χ0n) is 19.3. The Morgan fingerprint density at radius 1 is 1.37 bits per heavy atom. The number of rotatable bonds is 10. The van der Waals surface area contributed by atoms with Gasteiger partial charge in [0, 0.05) is 12.3 Å². The number of carbonyl (C=O) groups excluding carboxylic acids is 1. The highest BCUT2D eigenvalue weighted by Crippen LogP contribution is 2.47. The minimum Gasteiger partial charge on any atom is -0.465 e. The molecule has 35 heavy (non-hydrogen) atoms. The van der Waals surface area contributed by atoms with Crippen molar-refractivity contribution < 1.29 is 33.0 Å². The molecular weight excluding hydrogens is 503 g/mol. The van der Waals surface area contributed by atoms with Gasteiger partial charge < -0.3 is 19.1 Å². The molecular formula is C20H26BClN3O9P. The maximum atomic E-state index is 13.5. The number of halogens is 1. The largest absolute Gasteiger partial charge is 0.465 e. The molecule has 1 aromatic heterocycles. The number of nitrogens with zero attached hydrogens (tertiary/aromatic N) is 1. The van der Waals surface area contributed by atoms with Crippen LogP contribution in [0.3, 0.4) is 0 Å². The van der Waals surface area contributed by atoms with Crippen LogP contribution >= 0.6 is 19.3 Å². The number of benzene rings is 1. The molecule has 1 saturated heterocycles. The first-order chi connectivity index (χ1) is 16.5. The van der Waals surface area contributed by atoms with Gasteiger partial charge in [-0.3, -0.25) is 23.7 Å². The average molecular weight is 530 g/mol. The summed E-state index contributed by atoms with van der Waals surface area (Å²) in [4.78, 5) is 37.8. The van der Waals surface area contributed by atoms with E-state index in [0.717, 1.165) is 10.6 Å². The maximum Gasteiger partial charge on any atom is 0.459 e. The summed E-state index contributed by atoms with van der Waals surface area (Å²) in [7, 11) is -2.76. The Bertz CT molecular complexity index is 1190. The molecule has 0 amide bonds. The van der Waals surface area contributed by atoms with Crippen LogP contribution in [0, 0.1) is 0 Å². The van der Waals surface area contributed by atoms with E-state index in [4.69, 9.17) is 30.1 Å². The first-order valence-electron chi connectivity index (χ1n) is 10.7. The molecule has 2 heterocycles. The third-order valence-electron chi connectivity index (χ3n) is 5.19. The normalized spacial score (nSPS) is 26.6. The Balaban J connectivity index is 1.80. The van der Waals surface area contributed by atoms with E-state index >= 15 is 0 Å². The molecule has 0 saturated carbocycles. The van der Waals surface area contributed by atoms with Crippen molar-refractivity contribution in [3.8, 4) is 5.75 Å². The highest BCUT2D eigenvalue weighted by atomic mass is 35.5. The predicted octanol–water partition coefficient (Wildman–Crippen LogP) is 0.108. The number of H-pyrrole nitrogens is 1. The monoisotopic (exact) mass is 529 g/mol. The van der Waals surface area contributed by atoms with Crippen LogP contribution in [0.1, 0.15) is 20.1 Å². The molecule has 1 fully saturated rings. The fourth-order valence-electron chi connectivity index (χ4n) is 3.40. The molecule has 190 valence electrons. The minimum absolute atomic E-state index is 0.122. The minimum atomic E-state index is -4.20. The van der Waals surface area contributed by atoms with E-state index in [1.165, 1.54) is 21.0 Å². The van der Waals surface area contributed by atoms with Gasteiger partial charge in [0.15, 0.2) is 6.23 Å². The quantitative estimate of drug-likeness (QED) is 0.167. The van der Waals surface area contributed by atoms with Gasteiger partial charge in [0.25, 0.3) is 5.56 Å². The van der Waals surface area contributed by atoms with E-state index in [2.05, 4.69) is 10.1 Å². The first-order valence-corrected chi connectivity index (χ1v) is 12.7. The van der Waals surface area contributed by atoms with Crippen LogP contribution in [0.15, 0.2) is 52.2 Å². The Morgan fingerprint density at radius 3 is 2.69 bits per heavy atom. The predicted molar refractivity (Wildman–Crippen MR) is 128 cm³/mol. The van der Waals surface area contributed by atoms with E-state index in [1.54, 1.807) is 37.3 Å². The van der Waals surface area contributed by atoms with Crippen molar-refractivity contribution in [3.63, 3.8) is 0 Å². The summed E-state index contributed by atoms with van der Waals surface area (Å²) in [6.45, 7) is 2.70. The number of ether oxygens (including phenoxy) is 2. The number of aliphatic hydroxyl groups is 1. The second-order valence-corrected chi connectivity index (χ2v) is 10.4. The third-order valence-corrected chi connectivity index (χ3v) is 7.24. The highest BCUT2D eigenvalue weighted by molar-refractivity contribution is 7.52. The molecule has 0 radical (unpaired) electrons. The molecule has 3 rings (SSSR count).